The van der Waals surface area contributed by atoms with Crippen LogP contribution in [-0.4, -0.2) is 19.9 Å². The molecule has 0 bridgehead atoms. The number of benzene rings is 2. The molecule has 2 aromatic carbocycles. The SMILES string of the molecule is C[C@H](NCc1ccccc1O)c1ccc(-n2cncn2)cc1. The number of para-hydroxylation sites is 1. The van der Waals surface area contributed by atoms with Crippen LogP contribution < -0.4 is 5.32 Å². The summed E-state index contributed by atoms with van der Waals surface area (Å²) in [6.07, 6.45) is 3.19. The van der Waals surface area contributed by atoms with Crippen molar-refractivity contribution in [3.63, 3.8) is 0 Å². The first-order valence-corrected chi connectivity index (χ1v) is 7.19. The van der Waals surface area contributed by atoms with Crippen LogP contribution in [0.5, 0.6) is 5.75 Å². The molecule has 22 heavy (non-hydrogen) atoms. The van der Waals surface area contributed by atoms with Gasteiger partial charge in [-0.2, -0.15) is 5.10 Å². The Kier molecular flexibility index (Phi) is 4.16. The molecule has 0 amide bonds. The number of phenolic OH excluding ortho intramolecular Hbond substituents is 1. The average molecular weight is 294 g/mol. The lowest BCUT2D eigenvalue weighted by atomic mass is 10.1. The third-order valence-corrected chi connectivity index (χ3v) is 3.67. The molecular formula is C17H18N4O. The molecule has 0 aliphatic carbocycles. The topological polar surface area (TPSA) is 63.0 Å². The zero-order chi connectivity index (χ0) is 15.4. The van der Waals surface area contributed by atoms with E-state index >= 15 is 0 Å². The van der Waals surface area contributed by atoms with Crippen LogP contribution in [0.4, 0.5) is 0 Å². The summed E-state index contributed by atoms with van der Waals surface area (Å²) in [5, 5.41) is 17.3. The lowest BCUT2D eigenvalue weighted by molar-refractivity contribution is 0.460. The summed E-state index contributed by atoms with van der Waals surface area (Å²) in [7, 11) is 0. The van der Waals surface area contributed by atoms with E-state index in [0.717, 1.165) is 11.3 Å². The Morgan fingerprint density at radius 2 is 1.91 bits per heavy atom. The van der Waals surface area contributed by atoms with Crippen LogP contribution in [0, 0.1) is 0 Å². The van der Waals surface area contributed by atoms with Gasteiger partial charge in [0.25, 0.3) is 0 Å². The predicted octanol–water partition coefficient (Wildman–Crippen LogP) is 2.82. The Labute approximate surface area is 129 Å². The minimum absolute atomic E-state index is 0.185. The molecule has 0 spiro atoms. The molecule has 1 atom stereocenters. The maximum absolute atomic E-state index is 9.78. The van der Waals surface area contributed by atoms with Gasteiger partial charge in [0.05, 0.1) is 5.69 Å². The Morgan fingerprint density at radius 1 is 1.14 bits per heavy atom. The standard InChI is InChI=1S/C17H18N4O/c1-13(19-10-15-4-2-3-5-17(15)22)14-6-8-16(9-7-14)21-12-18-11-20-21/h2-9,11-13,19,22H,10H2,1H3/t13-/m0/s1. The van der Waals surface area contributed by atoms with Crippen molar-refractivity contribution in [3.05, 3.63) is 72.3 Å². The van der Waals surface area contributed by atoms with Crippen molar-refractivity contribution >= 4 is 0 Å². The van der Waals surface area contributed by atoms with Crippen LogP contribution in [0.2, 0.25) is 0 Å². The molecule has 0 saturated heterocycles. The second-order valence-corrected chi connectivity index (χ2v) is 5.16. The quantitative estimate of drug-likeness (QED) is 0.759. The summed E-state index contributed by atoms with van der Waals surface area (Å²) in [6.45, 7) is 2.73. The highest BCUT2D eigenvalue weighted by Crippen LogP contribution is 2.19. The van der Waals surface area contributed by atoms with Gasteiger partial charge in [0.2, 0.25) is 0 Å². The molecule has 112 valence electrons. The monoisotopic (exact) mass is 294 g/mol. The number of nitrogens with zero attached hydrogens (tertiary/aromatic N) is 3. The second kappa shape index (κ2) is 6.41. The summed E-state index contributed by atoms with van der Waals surface area (Å²) in [5.74, 6) is 0.323. The smallest absolute Gasteiger partial charge is 0.138 e. The van der Waals surface area contributed by atoms with Gasteiger partial charge in [0, 0.05) is 18.2 Å². The molecule has 1 aromatic heterocycles. The summed E-state index contributed by atoms with van der Waals surface area (Å²) in [5.41, 5.74) is 3.06. The zero-order valence-electron chi connectivity index (χ0n) is 12.3. The minimum Gasteiger partial charge on any atom is -0.508 e. The molecule has 5 heteroatoms. The molecule has 2 N–H and O–H groups in total. The van der Waals surface area contributed by atoms with E-state index in [2.05, 4.69) is 34.5 Å². The lowest BCUT2D eigenvalue weighted by Crippen LogP contribution is -2.18. The highest BCUT2D eigenvalue weighted by atomic mass is 16.3. The van der Waals surface area contributed by atoms with Gasteiger partial charge in [0.1, 0.15) is 18.4 Å². The summed E-state index contributed by atoms with van der Waals surface area (Å²) < 4.78 is 1.73. The molecule has 0 fully saturated rings. The number of aromatic nitrogens is 3. The normalized spacial score (nSPS) is 12.2. The van der Waals surface area contributed by atoms with Crippen molar-refractivity contribution in [1.82, 2.24) is 20.1 Å². The van der Waals surface area contributed by atoms with Crippen LogP contribution in [0.15, 0.2) is 61.2 Å². The van der Waals surface area contributed by atoms with Gasteiger partial charge >= 0.3 is 0 Å². The van der Waals surface area contributed by atoms with E-state index in [-0.39, 0.29) is 6.04 Å². The highest BCUT2D eigenvalue weighted by molar-refractivity contribution is 5.35. The van der Waals surface area contributed by atoms with Gasteiger partial charge in [-0.3, -0.25) is 0 Å². The van der Waals surface area contributed by atoms with Crippen LogP contribution in [0.25, 0.3) is 5.69 Å². The van der Waals surface area contributed by atoms with E-state index in [1.807, 2.05) is 30.3 Å². The summed E-state index contributed by atoms with van der Waals surface area (Å²) in [4.78, 5) is 3.94. The maximum atomic E-state index is 9.78. The lowest BCUT2D eigenvalue weighted by Gasteiger charge is -2.15. The summed E-state index contributed by atoms with van der Waals surface area (Å²) >= 11 is 0. The molecule has 3 rings (SSSR count). The molecule has 0 aliphatic rings. The van der Waals surface area contributed by atoms with Gasteiger partial charge in [0.15, 0.2) is 0 Å². The van der Waals surface area contributed by atoms with Crippen molar-refractivity contribution in [2.75, 3.05) is 0 Å². The van der Waals surface area contributed by atoms with Crippen molar-refractivity contribution < 1.29 is 5.11 Å². The molecule has 0 radical (unpaired) electrons. The molecule has 5 nitrogen and oxygen atoms in total. The Morgan fingerprint density at radius 3 is 2.59 bits per heavy atom. The van der Waals surface area contributed by atoms with Gasteiger partial charge in [-0.15, -0.1) is 0 Å². The van der Waals surface area contributed by atoms with Crippen LogP contribution in [0.3, 0.4) is 0 Å². The van der Waals surface area contributed by atoms with Crippen molar-refractivity contribution in [1.29, 1.82) is 0 Å². The van der Waals surface area contributed by atoms with Gasteiger partial charge in [-0.25, -0.2) is 9.67 Å². The van der Waals surface area contributed by atoms with Crippen molar-refractivity contribution in [3.8, 4) is 11.4 Å². The minimum atomic E-state index is 0.185. The van der Waals surface area contributed by atoms with Crippen molar-refractivity contribution in [2.45, 2.75) is 19.5 Å². The molecule has 0 saturated carbocycles. The number of rotatable bonds is 5. The third-order valence-electron chi connectivity index (χ3n) is 3.67. The van der Waals surface area contributed by atoms with Crippen LogP contribution >= 0.6 is 0 Å². The van der Waals surface area contributed by atoms with E-state index in [1.165, 1.54) is 11.9 Å². The maximum Gasteiger partial charge on any atom is 0.138 e. The Balaban J connectivity index is 1.65. The number of hydrogen-bond donors (Lipinski definition) is 2. The number of phenols is 1. The number of hydrogen-bond acceptors (Lipinski definition) is 4. The largest absolute Gasteiger partial charge is 0.508 e. The van der Waals surface area contributed by atoms with Gasteiger partial charge in [-0.05, 0) is 30.7 Å². The molecule has 3 aromatic rings. The molecule has 1 heterocycles. The molecule has 0 aliphatic heterocycles. The Bertz CT molecular complexity index is 723. The second-order valence-electron chi connectivity index (χ2n) is 5.16. The molecule has 0 unspecified atom stereocenters. The highest BCUT2D eigenvalue weighted by Gasteiger charge is 2.07. The fraction of sp³-hybridized carbons (Fsp3) is 0.176. The average Bonchev–Trinajstić information content (AvgIpc) is 3.08. The first-order chi connectivity index (χ1) is 10.7. The Hall–Kier alpha value is -2.66. The van der Waals surface area contributed by atoms with Crippen LogP contribution in [0.1, 0.15) is 24.1 Å². The number of nitrogens with one attached hydrogen (secondary N) is 1. The zero-order valence-corrected chi connectivity index (χ0v) is 12.3. The first-order valence-electron chi connectivity index (χ1n) is 7.19. The molecular weight excluding hydrogens is 276 g/mol. The van der Waals surface area contributed by atoms with Crippen LogP contribution in [-0.2, 0) is 6.54 Å². The van der Waals surface area contributed by atoms with Gasteiger partial charge < -0.3 is 10.4 Å². The number of aromatic hydroxyl groups is 1. The van der Waals surface area contributed by atoms with E-state index in [4.69, 9.17) is 0 Å². The van der Waals surface area contributed by atoms with E-state index < -0.39 is 0 Å². The van der Waals surface area contributed by atoms with Gasteiger partial charge in [-0.1, -0.05) is 30.3 Å². The fourth-order valence-electron chi connectivity index (χ4n) is 2.30. The predicted molar refractivity (Wildman–Crippen MR) is 84.7 cm³/mol. The van der Waals surface area contributed by atoms with E-state index in [0.29, 0.717) is 12.3 Å². The van der Waals surface area contributed by atoms with E-state index in [9.17, 15) is 5.11 Å². The first kappa shape index (κ1) is 14.3. The van der Waals surface area contributed by atoms with Crippen molar-refractivity contribution in [2.24, 2.45) is 0 Å². The fourth-order valence-corrected chi connectivity index (χ4v) is 2.30. The third kappa shape index (κ3) is 3.15. The van der Waals surface area contributed by atoms with E-state index in [1.54, 1.807) is 17.1 Å². The summed E-state index contributed by atoms with van der Waals surface area (Å²) in [6, 6.07) is 15.7.